The van der Waals surface area contributed by atoms with E-state index in [2.05, 4.69) is 24.8 Å². The van der Waals surface area contributed by atoms with Crippen molar-refractivity contribution in [1.29, 1.82) is 0 Å². The first-order valence-electron chi connectivity index (χ1n) is 13.4. The van der Waals surface area contributed by atoms with E-state index in [1.54, 1.807) is 6.92 Å². The minimum Gasteiger partial charge on any atom is -0.462 e. The van der Waals surface area contributed by atoms with Crippen molar-refractivity contribution in [3.05, 3.63) is 24.3 Å². The van der Waals surface area contributed by atoms with Gasteiger partial charge in [0.25, 0.3) is 0 Å². The molecule has 1 N–H and O–H groups in total. The Balaban J connectivity index is 0. The molecule has 5 heteroatoms. The number of hydrogen-bond acceptors (Lipinski definition) is 5. The van der Waals surface area contributed by atoms with Gasteiger partial charge in [-0.05, 0) is 20.3 Å². The molecule has 0 saturated heterocycles. The zero-order valence-corrected chi connectivity index (χ0v) is 23.0. The van der Waals surface area contributed by atoms with E-state index in [4.69, 9.17) is 9.84 Å². The molecule has 0 fully saturated rings. The summed E-state index contributed by atoms with van der Waals surface area (Å²) in [5.41, 5.74) is 0.772. The normalized spacial score (nSPS) is 10.8. The Labute approximate surface area is 210 Å². The molecule has 0 radical (unpaired) electrons. The third-order valence-corrected chi connectivity index (χ3v) is 5.27. The Morgan fingerprint density at radius 2 is 0.971 bits per heavy atom. The fourth-order valence-corrected chi connectivity index (χ4v) is 3.25. The summed E-state index contributed by atoms with van der Waals surface area (Å²) in [4.78, 5) is 21.9. The summed E-state index contributed by atoms with van der Waals surface area (Å²) in [5, 5.41) is 8.95. The van der Waals surface area contributed by atoms with Gasteiger partial charge in [-0.3, -0.25) is 0 Å². The van der Waals surface area contributed by atoms with Crippen molar-refractivity contribution in [3.63, 3.8) is 0 Å². The van der Waals surface area contributed by atoms with Crippen molar-refractivity contribution in [2.45, 2.75) is 143 Å². The first-order valence-corrected chi connectivity index (χ1v) is 13.4. The highest BCUT2D eigenvalue weighted by molar-refractivity contribution is 5.87. The minimum absolute atomic E-state index is 0.254. The summed E-state index contributed by atoms with van der Waals surface area (Å²) in [6.07, 6.45) is 21.7. The van der Waals surface area contributed by atoms with Crippen molar-refractivity contribution in [1.82, 2.24) is 0 Å². The topological polar surface area (TPSA) is 72.8 Å². The molecule has 34 heavy (non-hydrogen) atoms. The van der Waals surface area contributed by atoms with Gasteiger partial charge in [-0.15, -0.1) is 0 Å². The van der Waals surface area contributed by atoms with Crippen LogP contribution in [0.4, 0.5) is 0 Å². The van der Waals surface area contributed by atoms with Crippen LogP contribution in [0, 0.1) is 0 Å². The third kappa shape index (κ3) is 28.4. The van der Waals surface area contributed by atoms with Crippen molar-refractivity contribution in [2.75, 3.05) is 6.61 Å². The fourth-order valence-electron chi connectivity index (χ4n) is 3.25. The van der Waals surface area contributed by atoms with Gasteiger partial charge in [0.1, 0.15) is 0 Å². The number of esters is 2. The second-order valence-corrected chi connectivity index (χ2v) is 9.84. The molecule has 0 aromatic carbocycles. The Kier molecular flexibility index (Phi) is 23.5. The smallest absolute Gasteiger partial charge is 0.335 e. The molecular formula is C29H54O5. The molecule has 0 aromatic rings. The molecule has 0 atom stereocenters. The molecule has 5 nitrogen and oxygen atoms in total. The Hall–Kier alpha value is -1.62. The van der Waals surface area contributed by atoms with Gasteiger partial charge in [-0.25, -0.2) is 9.59 Å². The van der Waals surface area contributed by atoms with E-state index in [-0.39, 0.29) is 11.5 Å². The predicted molar refractivity (Wildman–Crippen MR) is 143 cm³/mol. The molecular weight excluding hydrogens is 428 g/mol. The molecule has 200 valence electrons. The summed E-state index contributed by atoms with van der Waals surface area (Å²) in [6, 6.07) is 0. The second kappa shape index (κ2) is 23.1. The number of rotatable bonds is 20. The van der Waals surface area contributed by atoms with Crippen LogP contribution < -0.4 is 0 Å². The fraction of sp³-hybridized carbons (Fsp3) is 0.793. The minimum atomic E-state index is -1.41. The first kappa shape index (κ1) is 34.5. The summed E-state index contributed by atoms with van der Waals surface area (Å²) >= 11 is 0. The summed E-state index contributed by atoms with van der Waals surface area (Å²) in [5.74, 6) is -2.24. The van der Waals surface area contributed by atoms with Gasteiger partial charge in [-0.2, -0.15) is 0 Å². The Morgan fingerprint density at radius 3 is 1.24 bits per heavy atom. The van der Waals surface area contributed by atoms with Gasteiger partial charge < -0.3 is 14.6 Å². The summed E-state index contributed by atoms with van der Waals surface area (Å²) in [6.45, 7) is 15.7. The van der Waals surface area contributed by atoms with Crippen molar-refractivity contribution in [2.24, 2.45) is 0 Å². The van der Waals surface area contributed by atoms with E-state index in [1.165, 1.54) is 117 Å². The van der Waals surface area contributed by atoms with Gasteiger partial charge in [-0.1, -0.05) is 116 Å². The van der Waals surface area contributed by atoms with Crippen LogP contribution in [0.3, 0.4) is 0 Å². The van der Waals surface area contributed by atoms with Gasteiger partial charge in [0, 0.05) is 25.0 Å². The Bertz CT molecular complexity index is 545. The van der Waals surface area contributed by atoms with E-state index >= 15 is 0 Å². The van der Waals surface area contributed by atoms with Crippen LogP contribution in [0.2, 0.25) is 0 Å². The van der Waals surface area contributed by atoms with Crippen LogP contribution in [0.5, 0.6) is 0 Å². The van der Waals surface area contributed by atoms with Gasteiger partial charge in [0.15, 0.2) is 0 Å². The molecule has 0 saturated carbocycles. The summed E-state index contributed by atoms with van der Waals surface area (Å²) in [7, 11) is 0. The lowest BCUT2D eigenvalue weighted by molar-refractivity contribution is -0.190. The van der Waals surface area contributed by atoms with Crippen molar-refractivity contribution in [3.8, 4) is 0 Å². The van der Waals surface area contributed by atoms with Crippen LogP contribution in [-0.4, -0.2) is 29.4 Å². The lowest BCUT2D eigenvalue weighted by Gasteiger charge is -2.17. The zero-order valence-electron chi connectivity index (χ0n) is 23.0. The number of unbranched alkanes of at least 4 members (excludes halogenated alkanes) is 15. The molecule has 0 aliphatic heterocycles. The maximum Gasteiger partial charge on any atom is 0.335 e. The highest BCUT2D eigenvalue weighted by Crippen LogP contribution is 2.13. The van der Waals surface area contributed by atoms with E-state index in [1.807, 2.05) is 0 Å². The highest BCUT2D eigenvalue weighted by atomic mass is 16.7. The SMILES string of the molecule is C=C(C)C(=O)OC(C)(C)O.C=C(C)C(=O)OCCCCCCCCCCCCCCCCCC. The molecule has 0 aromatic heterocycles. The van der Waals surface area contributed by atoms with E-state index in [0.717, 1.165) is 6.42 Å². The number of ether oxygens (including phenoxy) is 2. The first-order chi connectivity index (χ1) is 16.0. The van der Waals surface area contributed by atoms with Crippen LogP contribution in [0.25, 0.3) is 0 Å². The zero-order chi connectivity index (χ0) is 26.2. The van der Waals surface area contributed by atoms with Crippen LogP contribution >= 0.6 is 0 Å². The molecule has 0 amide bonds. The average molecular weight is 483 g/mol. The third-order valence-electron chi connectivity index (χ3n) is 5.27. The standard InChI is InChI=1S/C22H42O2.C7H12O3/c1-4-5-6-7-8-9-10-11-12-13-14-15-16-17-18-19-20-24-22(23)21(2)3;1-5(2)6(8)10-7(3,4)9/h2,4-20H2,1,3H3;9H,1H2,2-4H3. The van der Waals surface area contributed by atoms with Crippen LogP contribution in [0.1, 0.15) is 137 Å². The summed E-state index contributed by atoms with van der Waals surface area (Å²) < 4.78 is 9.60. The molecule has 0 aliphatic carbocycles. The van der Waals surface area contributed by atoms with Crippen LogP contribution in [0.15, 0.2) is 24.3 Å². The molecule has 0 unspecified atom stereocenters. The average Bonchev–Trinajstić information content (AvgIpc) is 2.74. The molecule has 0 heterocycles. The maximum atomic E-state index is 11.2. The number of carbonyl (C=O) groups excluding carboxylic acids is 2. The number of aliphatic hydroxyl groups is 1. The van der Waals surface area contributed by atoms with E-state index in [0.29, 0.717) is 12.2 Å². The molecule has 0 bridgehead atoms. The number of hydrogen-bond donors (Lipinski definition) is 1. The maximum absolute atomic E-state index is 11.2. The predicted octanol–water partition coefficient (Wildman–Crippen LogP) is 8.20. The molecule has 0 spiro atoms. The Morgan fingerprint density at radius 1 is 0.647 bits per heavy atom. The molecule has 0 aliphatic rings. The van der Waals surface area contributed by atoms with Crippen LogP contribution in [-0.2, 0) is 19.1 Å². The largest absolute Gasteiger partial charge is 0.462 e. The van der Waals surface area contributed by atoms with Crippen molar-refractivity contribution >= 4 is 11.9 Å². The van der Waals surface area contributed by atoms with Gasteiger partial charge in [0.05, 0.1) is 6.61 Å². The molecule has 0 rings (SSSR count). The quantitative estimate of drug-likeness (QED) is 0.0819. The number of carbonyl (C=O) groups is 2. The van der Waals surface area contributed by atoms with Gasteiger partial charge in [0.2, 0.25) is 5.79 Å². The monoisotopic (exact) mass is 482 g/mol. The van der Waals surface area contributed by atoms with E-state index in [9.17, 15) is 9.59 Å². The van der Waals surface area contributed by atoms with Gasteiger partial charge >= 0.3 is 11.9 Å². The van der Waals surface area contributed by atoms with E-state index < -0.39 is 11.8 Å². The highest BCUT2D eigenvalue weighted by Gasteiger charge is 2.18. The second-order valence-electron chi connectivity index (χ2n) is 9.84. The lowest BCUT2D eigenvalue weighted by Crippen LogP contribution is -2.27. The van der Waals surface area contributed by atoms with Crippen molar-refractivity contribution < 1.29 is 24.2 Å². The lowest BCUT2D eigenvalue weighted by atomic mass is 10.0.